The van der Waals surface area contributed by atoms with Crippen molar-refractivity contribution in [3.63, 3.8) is 0 Å². The largest absolute Gasteiger partial charge is 0.347 e. The third-order valence-corrected chi connectivity index (χ3v) is 6.03. The van der Waals surface area contributed by atoms with Crippen LogP contribution < -0.4 is 10.2 Å². The SMILES string of the molecule is C[C@H](NC(=O)[C@H](c1cccnc1)N(C(=O)C#CCCl)c1ccc(-c2ccccc2)cc1)c1ccccc1. The lowest BCUT2D eigenvalue weighted by molar-refractivity contribution is -0.125. The van der Waals surface area contributed by atoms with Crippen molar-refractivity contribution in [2.24, 2.45) is 0 Å². The molecular weight excluding hydrogens is 482 g/mol. The van der Waals surface area contributed by atoms with Crippen LogP contribution in [0.1, 0.15) is 30.1 Å². The molecule has 5 nitrogen and oxygen atoms in total. The molecule has 1 N–H and O–H groups in total. The van der Waals surface area contributed by atoms with Crippen LogP contribution in [0.5, 0.6) is 0 Å². The highest BCUT2D eigenvalue weighted by molar-refractivity contribution is 6.20. The molecule has 6 heteroatoms. The minimum atomic E-state index is -1.00. The molecule has 0 radical (unpaired) electrons. The molecule has 0 saturated heterocycles. The summed E-state index contributed by atoms with van der Waals surface area (Å²) in [5.74, 6) is 4.31. The number of pyridine rings is 1. The quantitative estimate of drug-likeness (QED) is 0.248. The molecule has 0 fully saturated rings. The molecule has 37 heavy (non-hydrogen) atoms. The summed E-state index contributed by atoms with van der Waals surface area (Å²) < 4.78 is 0. The van der Waals surface area contributed by atoms with Crippen LogP contribution in [-0.2, 0) is 9.59 Å². The number of nitrogens with one attached hydrogen (secondary N) is 1. The van der Waals surface area contributed by atoms with Gasteiger partial charge in [-0.15, -0.1) is 11.6 Å². The van der Waals surface area contributed by atoms with Crippen LogP contribution in [0.25, 0.3) is 11.1 Å². The molecule has 1 heterocycles. The monoisotopic (exact) mass is 507 g/mol. The molecule has 3 aromatic carbocycles. The molecule has 0 spiro atoms. The molecule has 2 atom stereocenters. The van der Waals surface area contributed by atoms with Crippen LogP contribution in [0.4, 0.5) is 5.69 Å². The average molecular weight is 508 g/mol. The molecule has 4 rings (SSSR count). The zero-order valence-corrected chi connectivity index (χ0v) is 21.1. The lowest BCUT2D eigenvalue weighted by atomic mass is 10.0. The van der Waals surface area contributed by atoms with Gasteiger partial charge >= 0.3 is 5.91 Å². The van der Waals surface area contributed by atoms with E-state index in [1.807, 2.05) is 91.9 Å². The van der Waals surface area contributed by atoms with E-state index in [2.05, 4.69) is 22.1 Å². The van der Waals surface area contributed by atoms with E-state index >= 15 is 0 Å². The summed E-state index contributed by atoms with van der Waals surface area (Å²) in [5, 5.41) is 3.06. The maximum atomic E-state index is 13.8. The van der Waals surface area contributed by atoms with Gasteiger partial charge < -0.3 is 5.32 Å². The van der Waals surface area contributed by atoms with Crippen LogP contribution in [0.15, 0.2) is 109 Å². The maximum Gasteiger partial charge on any atom is 0.303 e. The van der Waals surface area contributed by atoms with Gasteiger partial charge in [0.05, 0.1) is 11.9 Å². The van der Waals surface area contributed by atoms with Crippen molar-refractivity contribution in [2.45, 2.75) is 19.0 Å². The fraction of sp³-hybridized carbons (Fsp3) is 0.129. The second-order valence-corrected chi connectivity index (χ2v) is 8.62. The lowest BCUT2D eigenvalue weighted by Crippen LogP contribution is -2.44. The van der Waals surface area contributed by atoms with Crippen LogP contribution in [0, 0.1) is 11.8 Å². The lowest BCUT2D eigenvalue weighted by Gasteiger charge is -2.31. The zero-order valence-electron chi connectivity index (χ0n) is 20.3. The first-order valence-corrected chi connectivity index (χ1v) is 12.4. The van der Waals surface area contributed by atoms with Crippen molar-refractivity contribution >= 4 is 29.1 Å². The highest BCUT2D eigenvalue weighted by Gasteiger charge is 2.33. The summed E-state index contributed by atoms with van der Waals surface area (Å²) in [6, 6.07) is 29.3. The Morgan fingerprint density at radius 3 is 2.11 bits per heavy atom. The number of halogens is 1. The summed E-state index contributed by atoms with van der Waals surface area (Å²) in [7, 11) is 0. The summed E-state index contributed by atoms with van der Waals surface area (Å²) in [4.78, 5) is 32.8. The van der Waals surface area contributed by atoms with Gasteiger partial charge in [0.15, 0.2) is 0 Å². The van der Waals surface area contributed by atoms with E-state index in [9.17, 15) is 9.59 Å². The molecule has 0 bridgehead atoms. The molecule has 0 unspecified atom stereocenters. The van der Waals surface area contributed by atoms with Crippen molar-refractivity contribution in [3.8, 4) is 23.0 Å². The number of carbonyl (C=O) groups excluding carboxylic acids is 2. The number of amides is 2. The number of alkyl halides is 1. The molecule has 1 aromatic heterocycles. The predicted molar refractivity (Wildman–Crippen MR) is 148 cm³/mol. The van der Waals surface area contributed by atoms with E-state index in [1.54, 1.807) is 24.5 Å². The Morgan fingerprint density at radius 2 is 1.49 bits per heavy atom. The van der Waals surface area contributed by atoms with Gasteiger partial charge in [-0.05, 0) is 47.7 Å². The second kappa shape index (κ2) is 12.5. The molecule has 4 aromatic rings. The van der Waals surface area contributed by atoms with Gasteiger partial charge in [-0.1, -0.05) is 84.8 Å². The number of hydrogen-bond acceptors (Lipinski definition) is 3. The molecular formula is C31H26ClN3O2. The van der Waals surface area contributed by atoms with Gasteiger partial charge in [0.1, 0.15) is 6.04 Å². The smallest absolute Gasteiger partial charge is 0.303 e. The van der Waals surface area contributed by atoms with E-state index in [0.29, 0.717) is 11.3 Å². The van der Waals surface area contributed by atoms with Gasteiger partial charge in [0, 0.05) is 23.6 Å². The van der Waals surface area contributed by atoms with E-state index in [4.69, 9.17) is 11.6 Å². The maximum absolute atomic E-state index is 13.8. The number of carbonyl (C=O) groups is 2. The predicted octanol–water partition coefficient (Wildman–Crippen LogP) is 5.94. The van der Waals surface area contributed by atoms with E-state index in [1.165, 1.54) is 4.90 Å². The first-order valence-electron chi connectivity index (χ1n) is 11.9. The van der Waals surface area contributed by atoms with Crippen LogP contribution in [-0.4, -0.2) is 22.7 Å². The topological polar surface area (TPSA) is 62.3 Å². The van der Waals surface area contributed by atoms with E-state index < -0.39 is 11.9 Å². The summed E-state index contributed by atoms with van der Waals surface area (Å²) in [6.45, 7) is 1.90. The number of anilines is 1. The molecule has 0 aliphatic heterocycles. The Hall–Kier alpha value is -4.40. The van der Waals surface area contributed by atoms with Crippen molar-refractivity contribution in [1.29, 1.82) is 0 Å². The molecule has 0 aliphatic carbocycles. The Kier molecular flexibility index (Phi) is 8.70. The van der Waals surface area contributed by atoms with Crippen molar-refractivity contribution in [1.82, 2.24) is 10.3 Å². The second-order valence-electron chi connectivity index (χ2n) is 8.35. The third kappa shape index (κ3) is 6.43. The number of aromatic nitrogens is 1. The van der Waals surface area contributed by atoms with Crippen LogP contribution >= 0.6 is 11.6 Å². The third-order valence-electron chi connectivity index (χ3n) is 5.90. The minimum Gasteiger partial charge on any atom is -0.347 e. The number of hydrogen-bond donors (Lipinski definition) is 1. The van der Waals surface area contributed by atoms with Gasteiger partial charge in [0.25, 0.3) is 0 Å². The van der Waals surface area contributed by atoms with E-state index in [0.717, 1.165) is 16.7 Å². The normalized spacial score (nSPS) is 11.9. The summed E-state index contributed by atoms with van der Waals surface area (Å²) >= 11 is 5.75. The van der Waals surface area contributed by atoms with Crippen molar-refractivity contribution in [2.75, 3.05) is 10.8 Å². The number of rotatable bonds is 7. The zero-order chi connectivity index (χ0) is 26.0. The molecule has 0 saturated carbocycles. The molecule has 0 aliphatic rings. The summed E-state index contributed by atoms with van der Waals surface area (Å²) in [6.07, 6.45) is 3.21. The fourth-order valence-electron chi connectivity index (χ4n) is 4.07. The first-order chi connectivity index (χ1) is 18.1. The van der Waals surface area contributed by atoms with Gasteiger partial charge in [-0.25, -0.2) is 0 Å². The average Bonchev–Trinajstić information content (AvgIpc) is 2.96. The first kappa shape index (κ1) is 25.7. The Labute approximate surface area is 222 Å². The number of nitrogens with zero attached hydrogens (tertiary/aromatic N) is 2. The van der Waals surface area contributed by atoms with E-state index in [-0.39, 0.29) is 17.8 Å². The van der Waals surface area contributed by atoms with Crippen LogP contribution in [0.3, 0.4) is 0 Å². The standard InChI is InChI=1S/C31H26ClN3O2/c1-23(24-10-4-2-5-11-24)34-31(37)30(27-14-9-21-33-22-27)35(29(36)15-8-20-32)28-18-16-26(17-19-28)25-12-6-3-7-13-25/h2-7,9-14,16-19,21-23,30H,20H2,1H3,(H,34,37)/t23-,30-/m0/s1. The van der Waals surface area contributed by atoms with Crippen LogP contribution in [0.2, 0.25) is 0 Å². The molecule has 184 valence electrons. The summed E-state index contributed by atoms with van der Waals surface area (Å²) in [5.41, 5.74) is 4.09. The number of benzene rings is 3. The minimum absolute atomic E-state index is 0.00131. The fourth-order valence-corrected chi connectivity index (χ4v) is 4.14. The Morgan fingerprint density at radius 1 is 0.865 bits per heavy atom. The van der Waals surface area contributed by atoms with Gasteiger partial charge in [-0.2, -0.15) is 0 Å². The highest BCUT2D eigenvalue weighted by atomic mass is 35.5. The Bertz CT molecular complexity index is 1380. The van der Waals surface area contributed by atoms with Gasteiger partial charge in [0.2, 0.25) is 5.91 Å². The highest BCUT2D eigenvalue weighted by Crippen LogP contribution is 2.30. The van der Waals surface area contributed by atoms with Crippen molar-refractivity contribution in [3.05, 3.63) is 121 Å². The van der Waals surface area contributed by atoms with Crippen molar-refractivity contribution < 1.29 is 9.59 Å². The van der Waals surface area contributed by atoms with Gasteiger partial charge in [-0.3, -0.25) is 19.5 Å². The Balaban J connectivity index is 1.75. The molecule has 2 amide bonds.